The molecule has 142 valence electrons. The number of rotatable bonds is 8. The number of non-ortho nitro benzene ring substituents is 1. The average molecular weight is 373 g/mol. The van der Waals surface area contributed by atoms with Gasteiger partial charge in [0.2, 0.25) is 0 Å². The first-order chi connectivity index (χ1) is 12.9. The normalized spacial score (nSPS) is 10.7. The van der Waals surface area contributed by atoms with Crippen molar-refractivity contribution in [3.63, 3.8) is 0 Å². The van der Waals surface area contributed by atoms with Crippen molar-refractivity contribution in [3.05, 3.63) is 62.2 Å². The Hall–Kier alpha value is -3.69. The summed E-state index contributed by atoms with van der Waals surface area (Å²) in [6.45, 7) is 5.62. The number of benzene rings is 2. The van der Waals surface area contributed by atoms with Gasteiger partial charge in [0, 0.05) is 36.5 Å². The van der Waals surface area contributed by atoms with E-state index in [1.165, 1.54) is 12.3 Å². The third-order valence-electron chi connectivity index (χ3n) is 3.92. The number of hydrogen-bond donors (Lipinski definition) is 2. The van der Waals surface area contributed by atoms with Crippen molar-refractivity contribution in [1.29, 1.82) is 0 Å². The summed E-state index contributed by atoms with van der Waals surface area (Å²) in [5.74, 6) is 0.0168. The lowest BCUT2D eigenvalue weighted by molar-refractivity contribution is -0.393. The van der Waals surface area contributed by atoms with Crippen LogP contribution in [0.2, 0.25) is 0 Å². The largest absolute Gasteiger partial charge is 0.507 e. The summed E-state index contributed by atoms with van der Waals surface area (Å²) in [7, 11) is 0. The molecule has 0 spiro atoms. The highest BCUT2D eigenvalue weighted by molar-refractivity contribution is 5.85. The first-order valence-electron chi connectivity index (χ1n) is 8.17. The quantitative estimate of drug-likeness (QED) is 0.411. The molecule has 0 atom stereocenters. The Labute approximate surface area is 155 Å². The minimum absolute atomic E-state index is 0.00102. The van der Waals surface area contributed by atoms with Gasteiger partial charge in [0.1, 0.15) is 11.4 Å². The smallest absolute Gasteiger partial charge is 0.301 e. The number of nitro groups is 2. The molecule has 0 aliphatic carbocycles. The van der Waals surface area contributed by atoms with E-state index < -0.39 is 15.5 Å². The van der Waals surface area contributed by atoms with Gasteiger partial charge in [0.25, 0.3) is 5.69 Å². The lowest BCUT2D eigenvalue weighted by Gasteiger charge is -2.21. The van der Waals surface area contributed by atoms with Gasteiger partial charge in [-0.25, -0.2) is 0 Å². The minimum atomic E-state index is -0.735. The number of hydrogen-bond acceptors (Lipinski definition) is 8. The van der Waals surface area contributed by atoms with Crippen LogP contribution in [0.1, 0.15) is 19.4 Å². The van der Waals surface area contributed by atoms with Gasteiger partial charge >= 0.3 is 5.69 Å². The Morgan fingerprint density at radius 1 is 1.11 bits per heavy atom. The zero-order valence-electron chi connectivity index (χ0n) is 14.8. The first kappa shape index (κ1) is 19.6. The molecule has 0 aliphatic heterocycles. The SMILES string of the molecule is CCN(CC)c1ccc(/C=N\Nc2ccc([N+](=O)[O-])cc2[N+](=O)[O-])c(O)c1. The fraction of sp³-hybridized carbons (Fsp3) is 0.235. The maximum Gasteiger partial charge on any atom is 0.301 e. The molecule has 0 fully saturated rings. The molecule has 2 aromatic carbocycles. The summed E-state index contributed by atoms with van der Waals surface area (Å²) < 4.78 is 0. The van der Waals surface area contributed by atoms with Crippen LogP contribution in [0.25, 0.3) is 0 Å². The molecule has 0 amide bonds. The predicted octanol–water partition coefficient (Wildman–Crippen LogP) is 3.50. The maximum atomic E-state index is 11.1. The van der Waals surface area contributed by atoms with Crippen LogP contribution < -0.4 is 10.3 Å². The highest BCUT2D eigenvalue weighted by Crippen LogP contribution is 2.29. The Kier molecular flexibility index (Phi) is 6.26. The van der Waals surface area contributed by atoms with Gasteiger partial charge in [-0.1, -0.05) is 0 Å². The molecule has 0 saturated heterocycles. The van der Waals surface area contributed by atoms with Gasteiger partial charge in [-0.05, 0) is 32.0 Å². The van der Waals surface area contributed by atoms with E-state index in [4.69, 9.17) is 0 Å². The van der Waals surface area contributed by atoms with E-state index in [1.807, 2.05) is 19.9 Å². The molecular weight excluding hydrogens is 354 g/mol. The standard InChI is InChI=1S/C17H19N5O5/c1-3-20(4-2)13-6-5-12(17(23)10-13)11-18-19-15-8-7-14(21(24)25)9-16(15)22(26)27/h5-11,19,23H,3-4H2,1-2H3/b18-11-. The molecule has 2 rings (SSSR count). The number of aromatic hydroxyl groups is 1. The highest BCUT2D eigenvalue weighted by Gasteiger charge is 2.19. The molecule has 0 aromatic heterocycles. The van der Waals surface area contributed by atoms with Crippen LogP contribution in [-0.4, -0.2) is 34.3 Å². The van der Waals surface area contributed by atoms with E-state index in [9.17, 15) is 25.3 Å². The molecule has 0 aliphatic rings. The number of nitro benzene ring substituents is 2. The van der Waals surface area contributed by atoms with Gasteiger partial charge in [0.15, 0.2) is 0 Å². The zero-order chi connectivity index (χ0) is 20.0. The number of phenols is 1. The second kappa shape index (κ2) is 8.61. The fourth-order valence-corrected chi connectivity index (χ4v) is 2.48. The number of nitrogens with one attached hydrogen (secondary N) is 1. The number of hydrazone groups is 1. The molecule has 0 radical (unpaired) electrons. The van der Waals surface area contributed by atoms with E-state index in [0.717, 1.165) is 30.9 Å². The van der Waals surface area contributed by atoms with E-state index >= 15 is 0 Å². The Morgan fingerprint density at radius 3 is 2.37 bits per heavy atom. The van der Waals surface area contributed by atoms with Crippen molar-refractivity contribution < 1.29 is 15.0 Å². The fourth-order valence-electron chi connectivity index (χ4n) is 2.48. The third kappa shape index (κ3) is 4.69. The summed E-state index contributed by atoms with van der Waals surface area (Å²) in [6.07, 6.45) is 1.31. The van der Waals surface area contributed by atoms with E-state index in [1.54, 1.807) is 12.1 Å². The van der Waals surface area contributed by atoms with Gasteiger partial charge in [-0.15, -0.1) is 0 Å². The number of phenolic OH excluding ortho intramolecular Hbond substituents is 1. The number of anilines is 2. The summed E-state index contributed by atoms with van der Waals surface area (Å²) in [5, 5.41) is 35.9. The highest BCUT2D eigenvalue weighted by atomic mass is 16.6. The summed E-state index contributed by atoms with van der Waals surface area (Å²) in [4.78, 5) is 22.5. The third-order valence-corrected chi connectivity index (χ3v) is 3.92. The van der Waals surface area contributed by atoms with Crippen molar-refractivity contribution in [3.8, 4) is 5.75 Å². The van der Waals surface area contributed by atoms with E-state index in [2.05, 4.69) is 15.4 Å². The second-order valence-corrected chi connectivity index (χ2v) is 5.50. The monoisotopic (exact) mass is 373 g/mol. The van der Waals surface area contributed by atoms with Gasteiger partial charge in [0.05, 0.1) is 22.1 Å². The van der Waals surface area contributed by atoms with Crippen LogP contribution in [0.5, 0.6) is 5.75 Å². The molecule has 27 heavy (non-hydrogen) atoms. The maximum absolute atomic E-state index is 11.1. The van der Waals surface area contributed by atoms with Gasteiger partial charge in [-0.3, -0.25) is 25.7 Å². The Balaban J connectivity index is 2.20. The number of nitrogens with zero attached hydrogens (tertiary/aromatic N) is 4. The molecule has 10 heteroatoms. The van der Waals surface area contributed by atoms with Crippen molar-refractivity contribution in [1.82, 2.24) is 0 Å². The van der Waals surface area contributed by atoms with Gasteiger partial charge < -0.3 is 10.0 Å². The topological polar surface area (TPSA) is 134 Å². The average Bonchev–Trinajstić information content (AvgIpc) is 2.64. The predicted molar refractivity (Wildman–Crippen MR) is 103 cm³/mol. The zero-order valence-corrected chi connectivity index (χ0v) is 14.8. The summed E-state index contributed by atoms with van der Waals surface area (Å²) >= 11 is 0. The van der Waals surface area contributed by atoms with Crippen LogP contribution in [0.4, 0.5) is 22.7 Å². The Bertz CT molecular complexity index is 880. The second-order valence-electron chi connectivity index (χ2n) is 5.50. The molecule has 0 bridgehead atoms. The molecule has 0 heterocycles. The van der Waals surface area contributed by atoms with Crippen LogP contribution in [0.3, 0.4) is 0 Å². The van der Waals surface area contributed by atoms with Crippen LogP contribution in [0.15, 0.2) is 41.5 Å². The van der Waals surface area contributed by atoms with Crippen molar-refractivity contribution in [2.45, 2.75) is 13.8 Å². The molecule has 0 unspecified atom stereocenters. The van der Waals surface area contributed by atoms with E-state index in [0.29, 0.717) is 5.56 Å². The Morgan fingerprint density at radius 2 is 1.81 bits per heavy atom. The first-order valence-corrected chi connectivity index (χ1v) is 8.17. The van der Waals surface area contributed by atoms with E-state index in [-0.39, 0.29) is 17.1 Å². The molecule has 10 nitrogen and oxygen atoms in total. The lowest BCUT2D eigenvalue weighted by atomic mass is 10.2. The van der Waals surface area contributed by atoms with Crippen molar-refractivity contribution >= 4 is 29.0 Å². The van der Waals surface area contributed by atoms with Crippen LogP contribution >= 0.6 is 0 Å². The lowest BCUT2D eigenvalue weighted by Crippen LogP contribution is -2.21. The van der Waals surface area contributed by atoms with Crippen molar-refractivity contribution in [2.75, 3.05) is 23.4 Å². The van der Waals surface area contributed by atoms with Gasteiger partial charge in [-0.2, -0.15) is 5.10 Å². The minimum Gasteiger partial charge on any atom is -0.507 e. The van der Waals surface area contributed by atoms with Crippen LogP contribution in [-0.2, 0) is 0 Å². The summed E-state index contributed by atoms with van der Waals surface area (Å²) in [6, 6.07) is 8.33. The molecule has 2 aromatic rings. The molecular formula is C17H19N5O5. The molecule has 2 N–H and O–H groups in total. The molecule has 0 saturated carbocycles. The summed E-state index contributed by atoms with van der Waals surface area (Å²) in [5.41, 5.74) is 2.91. The van der Waals surface area contributed by atoms with Crippen LogP contribution in [0, 0.1) is 20.2 Å². The van der Waals surface area contributed by atoms with Crippen molar-refractivity contribution in [2.24, 2.45) is 5.10 Å².